The number of carbonyl (C=O) groups excluding carboxylic acids is 1. The molecule has 0 spiro atoms. The molecule has 0 radical (unpaired) electrons. The smallest absolute Gasteiger partial charge is 0.270 e. The van der Waals surface area contributed by atoms with Crippen LogP contribution in [-0.2, 0) is 16.6 Å². The molecule has 2 heterocycles. The van der Waals surface area contributed by atoms with E-state index in [1.165, 1.54) is 4.80 Å². The van der Waals surface area contributed by atoms with E-state index >= 15 is 0 Å². The van der Waals surface area contributed by atoms with Crippen LogP contribution in [0, 0.1) is 5.92 Å². The predicted molar refractivity (Wildman–Crippen MR) is 63.8 cm³/mol. The molecule has 1 aromatic heterocycles. The number of ether oxygens (including phenoxy) is 1. The highest BCUT2D eigenvalue weighted by Gasteiger charge is 2.34. The molecule has 0 aliphatic carbocycles. The molecule has 100 valence electrons. The molecule has 2 unspecified atom stereocenters. The summed E-state index contributed by atoms with van der Waals surface area (Å²) in [6.07, 6.45) is 1.02. The summed E-state index contributed by atoms with van der Waals surface area (Å²) in [5.74, 6) is -0.113. The van der Waals surface area contributed by atoms with Crippen LogP contribution >= 0.6 is 0 Å². The lowest BCUT2D eigenvalue weighted by atomic mass is 10.0. The number of rotatable bonds is 5. The van der Waals surface area contributed by atoms with Gasteiger partial charge in [0.05, 0.1) is 26.2 Å². The zero-order valence-electron chi connectivity index (χ0n) is 10.6. The molecule has 18 heavy (non-hydrogen) atoms. The van der Waals surface area contributed by atoms with Crippen molar-refractivity contribution in [2.45, 2.75) is 19.4 Å². The molecule has 1 aromatic rings. The lowest BCUT2D eigenvalue weighted by Crippen LogP contribution is -2.41. The van der Waals surface area contributed by atoms with Crippen molar-refractivity contribution in [3.05, 3.63) is 0 Å². The minimum Gasteiger partial charge on any atom is -0.379 e. The Hall–Kier alpha value is -1.54. The van der Waals surface area contributed by atoms with Crippen LogP contribution in [0.3, 0.4) is 0 Å². The lowest BCUT2D eigenvalue weighted by molar-refractivity contribution is -0.120. The van der Waals surface area contributed by atoms with Crippen molar-refractivity contribution in [2.75, 3.05) is 25.1 Å². The SMILES string of the molecule is CCCNC1COCC1C(=O)Nc1nnn(C)n1. The van der Waals surface area contributed by atoms with Crippen molar-refractivity contribution < 1.29 is 9.53 Å². The zero-order chi connectivity index (χ0) is 13.0. The molecule has 8 heteroatoms. The van der Waals surface area contributed by atoms with E-state index < -0.39 is 0 Å². The maximum atomic E-state index is 12.0. The van der Waals surface area contributed by atoms with Crippen molar-refractivity contribution in [1.82, 2.24) is 25.5 Å². The molecule has 8 nitrogen and oxygen atoms in total. The van der Waals surface area contributed by atoms with Crippen LogP contribution in [0.5, 0.6) is 0 Å². The van der Waals surface area contributed by atoms with E-state index in [0.717, 1.165) is 13.0 Å². The van der Waals surface area contributed by atoms with Gasteiger partial charge in [-0.05, 0) is 18.2 Å². The van der Waals surface area contributed by atoms with Gasteiger partial charge in [0.2, 0.25) is 5.91 Å². The standard InChI is InChI=1S/C10H18N6O2/c1-3-4-11-8-6-18-5-7(8)9(17)12-10-13-15-16(2)14-10/h7-8,11H,3-6H2,1-2H3,(H,12,14,17). The average molecular weight is 254 g/mol. The zero-order valence-corrected chi connectivity index (χ0v) is 10.6. The fraction of sp³-hybridized carbons (Fsp3) is 0.800. The van der Waals surface area contributed by atoms with Crippen LogP contribution in [0.15, 0.2) is 0 Å². The van der Waals surface area contributed by atoms with Gasteiger partial charge in [-0.1, -0.05) is 12.0 Å². The Kier molecular flexibility index (Phi) is 4.21. The van der Waals surface area contributed by atoms with E-state index in [1.807, 2.05) is 0 Å². The molecule has 0 aromatic carbocycles. The lowest BCUT2D eigenvalue weighted by Gasteiger charge is -2.17. The van der Waals surface area contributed by atoms with E-state index in [1.54, 1.807) is 7.05 Å². The van der Waals surface area contributed by atoms with Crippen molar-refractivity contribution in [3.63, 3.8) is 0 Å². The number of amides is 1. The van der Waals surface area contributed by atoms with Crippen molar-refractivity contribution in [3.8, 4) is 0 Å². The maximum Gasteiger partial charge on any atom is 0.270 e. The minimum absolute atomic E-state index is 0.0571. The van der Waals surface area contributed by atoms with Gasteiger partial charge in [0, 0.05) is 6.04 Å². The van der Waals surface area contributed by atoms with E-state index in [2.05, 4.69) is 33.0 Å². The second-order valence-electron chi connectivity index (χ2n) is 4.30. The van der Waals surface area contributed by atoms with Gasteiger partial charge >= 0.3 is 0 Å². The Labute approximate surface area is 105 Å². The quantitative estimate of drug-likeness (QED) is 0.712. The third kappa shape index (κ3) is 3.02. The number of tetrazole rings is 1. The Morgan fingerprint density at radius 1 is 1.56 bits per heavy atom. The maximum absolute atomic E-state index is 12.0. The van der Waals surface area contributed by atoms with Crippen LogP contribution < -0.4 is 10.6 Å². The summed E-state index contributed by atoms with van der Waals surface area (Å²) in [6, 6.07) is 0.0571. The van der Waals surface area contributed by atoms with Gasteiger partial charge in [0.15, 0.2) is 0 Å². The number of nitrogens with one attached hydrogen (secondary N) is 2. The molecule has 1 aliphatic rings. The first-order valence-corrected chi connectivity index (χ1v) is 6.06. The number of anilines is 1. The largest absolute Gasteiger partial charge is 0.379 e. The van der Waals surface area contributed by atoms with Crippen LogP contribution in [0.25, 0.3) is 0 Å². The summed E-state index contributed by atoms with van der Waals surface area (Å²) >= 11 is 0. The van der Waals surface area contributed by atoms with E-state index in [0.29, 0.717) is 13.2 Å². The number of carbonyl (C=O) groups is 1. The van der Waals surface area contributed by atoms with E-state index in [4.69, 9.17) is 4.74 Å². The summed E-state index contributed by atoms with van der Waals surface area (Å²) in [5, 5.41) is 17.2. The highest BCUT2D eigenvalue weighted by Crippen LogP contribution is 2.15. The van der Waals surface area contributed by atoms with Gasteiger partial charge in [0.25, 0.3) is 5.95 Å². The Morgan fingerprint density at radius 2 is 2.39 bits per heavy atom. The molecule has 2 atom stereocenters. The van der Waals surface area contributed by atoms with Gasteiger partial charge in [0.1, 0.15) is 0 Å². The highest BCUT2D eigenvalue weighted by atomic mass is 16.5. The van der Waals surface area contributed by atoms with E-state index in [-0.39, 0.29) is 23.8 Å². The first-order chi connectivity index (χ1) is 8.70. The molecule has 2 N–H and O–H groups in total. The van der Waals surface area contributed by atoms with E-state index in [9.17, 15) is 4.79 Å². The Morgan fingerprint density at radius 3 is 3.06 bits per heavy atom. The number of aromatic nitrogens is 4. The number of hydrogen-bond donors (Lipinski definition) is 2. The monoisotopic (exact) mass is 254 g/mol. The molecule has 1 aliphatic heterocycles. The van der Waals surface area contributed by atoms with Gasteiger partial charge in [-0.25, -0.2) is 0 Å². The summed E-state index contributed by atoms with van der Waals surface area (Å²) in [5.41, 5.74) is 0. The number of hydrogen-bond acceptors (Lipinski definition) is 6. The van der Waals surface area contributed by atoms with Gasteiger partial charge in [-0.2, -0.15) is 4.80 Å². The second-order valence-corrected chi connectivity index (χ2v) is 4.30. The van der Waals surface area contributed by atoms with Gasteiger partial charge in [-0.3, -0.25) is 10.1 Å². The molecular formula is C10H18N6O2. The molecule has 1 fully saturated rings. The summed E-state index contributed by atoms with van der Waals surface area (Å²) < 4.78 is 5.35. The first-order valence-electron chi connectivity index (χ1n) is 6.06. The topological polar surface area (TPSA) is 94.0 Å². The summed E-state index contributed by atoms with van der Waals surface area (Å²) in [7, 11) is 1.65. The number of nitrogens with zero attached hydrogens (tertiary/aromatic N) is 4. The Bertz CT molecular complexity index is 407. The van der Waals surface area contributed by atoms with Crippen LogP contribution in [0.2, 0.25) is 0 Å². The van der Waals surface area contributed by atoms with Crippen molar-refractivity contribution in [1.29, 1.82) is 0 Å². The third-order valence-corrected chi connectivity index (χ3v) is 2.82. The predicted octanol–water partition coefficient (Wildman–Crippen LogP) is -0.837. The van der Waals surface area contributed by atoms with Crippen LogP contribution in [0.1, 0.15) is 13.3 Å². The molecule has 0 saturated carbocycles. The second kappa shape index (κ2) is 5.87. The molecular weight excluding hydrogens is 236 g/mol. The number of aryl methyl sites for hydroxylation is 1. The summed E-state index contributed by atoms with van der Waals surface area (Å²) in [4.78, 5) is 13.3. The highest BCUT2D eigenvalue weighted by molar-refractivity contribution is 5.91. The van der Waals surface area contributed by atoms with Crippen molar-refractivity contribution in [2.24, 2.45) is 13.0 Å². The Balaban J connectivity index is 1.91. The molecule has 1 amide bonds. The minimum atomic E-state index is -0.208. The van der Waals surface area contributed by atoms with Crippen molar-refractivity contribution >= 4 is 11.9 Å². The summed E-state index contributed by atoms with van der Waals surface area (Å²) in [6.45, 7) is 3.95. The average Bonchev–Trinajstić information content (AvgIpc) is 2.95. The normalized spacial score (nSPS) is 23.2. The first kappa shape index (κ1) is 12.9. The molecule has 0 bridgehead atoms. The molecule has 1 saturated heterocycles. The fourth-order valence-electron chi connectivity index (χ4n) is 1.88. The van der Waals surface area contributed by atoms with Crippen LogP contribution in [-0.4, -0.2) is 51.9 Å². The van der Waals surface area contributed by atoms with Gasteiger partial charge in [-0.15, -0.1) is 5.10 Å². The van der Waals surface area contributed by atoms with Gasteiger partial charge < -0.3 is 10.1 Å². The third-order valence-electron chi connectivity index (χ3n) is 2.82. The molecule has 2 rings (SSSR count). The van der Waals surface area contributed by atoms with Crippen LogP contribution in [0.4, 0.5) is 5.95 Å². The fourth-order valence-corrected chi connectivity index (χ4v) is 1.88.